The SMILES string of the molecule is CN(C)C(=NCc1ccc(NC(=O)c2ccco2)cc1)N(C)C. The molecule has 0 aliphatic carbocycles. The van der Waals surface area contributed by atoms with Gasteiger partial charge in [0.05, 0.1) is 12.8 Å². The summed E-state index contributed by atoms with van der Waals surface area (Å²) in [4.78, 5) is 20.4. The summed E-state index contributed by atoms with van der Waals surface area (Å²) in [5, 5.41) is 2.79. The highest BCUT2D eigenvalue weighted by atomic mass is 16.3. The van der Waals surface area contributed by atoms with Crippen LogP contribution in [0.5, 0.6) is 0 Å². The Kier molecular flexibility index (Phi) is 5.41. The van der Waals surface area contributed by atoms with E-state index in [0.29, 0.717) is 12.3 Å². The molecule has 0 bridgehead atoms. The number of benzene rings is 1. The number of hydrogen-bond donors (Lipinski definition) is 1. The molecule has 0 atom stereocenters. The van der Waals surface area contributed by atoms with Gasteiger partial charge in [0.2, 0.25) is 0 Å². The van der Waals surface area contributed by atoms with E-state index in [9.17, 15) is 4.79 Å². The van der Waals surface area contributed by atoms with Crippen molar-refractivity contribution in [2.75, 3.05) is 33.5 Å². The Labute approximate surface area is 136 Å². The van der Waals surface area contributed by atoms with Gasteiger partial charge in [0.15, 0.2) is 11.7 Å². The van der Waals surface area contributed by atoms with E-state index in [1.54, 1.807) is 12.1 Å². The van der Waals surface area contributed by atoms with Crippen LogP contribution in [0.25, 0.3) is 0 Å². The Bertz CT molecular complexity index is 648. The molecule has 1 N–H and O–H groups in total. The van der Waals surface area contributed by atoms with Gasteiger partial charge in [-0.25, -0.2) is 4.99 Å². The number of aliphatic imine (C=N–C) groups is 1. The van der Waals surface area contributed by atoms with E-state index in [-0.39, 0.29) is 5.91 Å². The first kappa shape index (κ1) is 16.6. The Morgan fingerprint density at radius 1 is 1.09 bits per heavy atom. The van der Waals surface area contributed by atoms with Crippen LogP contribution in [0.3, 0.4) is 0 Å². The minimum absolute atomic E-state index is 0.261. The molecule has 122 valence electrons. The highest BCUT2D eigenvalue weighted by Crippen LogP contribution is 2.12. The molecule has 0 aliphatic rings. The molecule has 1 amide bonds. The lowest BCUT2D eigenvalue weighted by molar-refractivity contribution is 0.0996. The lowest BCUT2D eigenvalue weighted by atomic mass is 10.2. The molecule has 2 aromatic rings. The molecule has 0 spiro atoms. The normalized spacial score (nSPS) is 10.1. The maximum Gasteiger partial charge on any atom is 0.291 e. The average Bonchev–Trinajstić information content (AvgIpc) is 3.02. The van der Waals surface area contributed by atoms with E-state index in [1.807, 2.05) is 62.3 Å². The van der Waals surface area contributed by atoms with E-state index >= 15 is 0 Å². The third-order valence-electron chi connectivity index (χ3n) is 3.16. The van der Waals surface area contributed by atoms with E-state index in [0.717, 1.165) is 17.2 Å². The highest BCUT2D eigenvalue weighted by Gasteiger charge is 2.08. The van der Waals surface area contributed by atoms with Crippen LogP contribution in [0.2, 0.25) is 0 Å². The lowest BCUT2D eigenvalue weighted by Gasteiger charge is -2.22. The fourth-order valence-electron chi connectivity index (χ4n) is 2.14. The van der Waals surface area contributed by atoms with Crippen molar-refractivity contribution in [3.8, 4) is 0 Å². The third kappa shape index (κ3) is 4.60. The predicted molar refractivity (Wildman–Crippen MR) is 91.6 cm³/mol. The standard InChI is InChI=1S/C17H22N4O2/c1-20(2)17(21(3)4)18-12-13-7-9-14(10-8-13)19-16(22)15-6-5-11-23-15/h5-11H,12H2,1-4H3,(H,19,22). The summed E-state index contributed by atoms with van der Waals surface area (Å²) in [5.74, 6) is 0.934. The van der Waals surface area contributed by atoms with E-state index in [1.165, 1.54) is 6.26 Å². The van der Waals surface area contributed by atoms with Crippen molar-refractivity contribution >= 4 is 17.6 Å². The number of nitrogens with zero attached hydrogens (tertiary/aromatic N) is 3. The Balaban J connectivity index is 1.99. The monoisotopic (exact) mass is 314 g/mol. The number of furan rings is 1. The quantitative estimate of drug-likeness (QED) is 0.696. The van der Waals surface area contributed by atoms with E-state index in [2.05, 4.69) is 10.3 Å². The summed E-state index contributed by atoms with van der Waals surface area (Å²) >= 11 is 0. The number of anilines is 1. The first-order valence-electron chi connectivity index (χ1n) is 7.30. The summed E-state index contributed by atoms with van der Waals surface area (Å²) in [6, 6.07) is 10.9. The molecule has 23 heavy (non-hydrogen) atoms. The van der Waals surface area contributed by atoms with Gasteiger partial charge in [-0.05, 0) is 29.8 Å². The van der Waals surface area contributed by atoms with Crippen LogP contribution in [-0.2, 0) is 6.54 Å². The van der Waals surface area contributed by atoms with Gasteiger partial charge in [0.25, 0.3) is 5.91 Å². The molecule has 1 aromatic carbocycles. The summed E-state index contributed by atoms with van der Waals surface area (Å²) < 4.78 is 5.06. The number of guanidine groups is 1. The molecule has 0 aliphatic heterocycles. The van der Waals surface area contributed by atoms with Crippen molar-refractivity contribution in [1.82, 2.24) is 9.80 Å². The molecule has 0 saturated carbocycles. The zero-order valence-electron chi connectivity index (χ0n) is 13.9. The molecule has 1 aromatic heterocycles. The Morgan fingerprint density at radius 2 is 1.74 bits per heavy atom. The number of hydrogen-bond acceptors (Lipinski definition) is 3. The molecule has 0 unspecified atom stereocenters. The van der Waals surface area contributed by atoms with Crippen LogP contribution in [0, 0.1) is 0 Å². The number of carbonyl (C=O) groups is 1. The third-order valence-corrected chi connectivity index (χ3v) is 3.16. The highest BCUT2D eigenvalue weighted by molar-refractivity contribution is 6.02. The van der Waals surface area contributed by atoms with E-state index in [4.69, 9.17) is 4.42 Å². The number of nitrogens with one attached hydrogen (secondary N) is 1. The van der Waals surface area contributed by atoms with Gasteiger partial charge >= 0.3 is 0 Å². The Hall–Kier alpha value is -2.76. The molecule has 6 nitrogen and oxygen atoms in total. The molecule has 0 saturated heterocycles. The van der Waals surface area contributed by atoms with Crippen LogP contribution in [0.1, 0.15) is 16.1 Å². The fourth-order valence-corrected chi connectivity index (χ4v) is 2.14. The van der Waals surface area contributed by atoms with Crippen molar-refractivity contribution in [2.24, 2.45) is 4.99 Å². The summed E-state index contributed by atoms with van der Waals surface area (Å²) in [6.45, 7) is 0.581. The molecule has 0 fully saturated rings. The van der Waals surface area contributed by atoms with Gasteiger partial charge in [0, 0.05) is 33.9 Å². The maximum atomic E-state index is 11.9. The van der Waals surface area contributed by atoms with Crippen molar-refractivity contribution in [3.05, 3.63) is 54.0 Å². The summed E-state index contributed by atoms with van der Waals surface area (Å²) in [5.41, 5.74) is 1.79. The molecular weight excluding hydrogens is 292 g/mol. The fraction of sp³-hybridized carbons (Fsp3) is 0.294. The van der Waals surface area contributed by atoms with Crippen molar-refractivity contribution in [2.45, 2.75) is 6.54 Å². The number of rotatable bonds is 4. The topological polar surface area (TPSA) is 61.1 Å². The van der Waals surface area contributed by atoms with Gasteiger partial charge in [-0.1, -0.05) is 12.1 Å². The van der Waals surface area contributed by atoms with Crippen LogP contribution >= 0.6 is 0 Å². The first-order valence-corrected chi connectivity index (χ1v) is 7.30. The largest absolute Gasteiger partial charge is 0.459 e. The molecular formula is C17H22N4O2. The Morgan fingerprint density at radius 3 is 2.26 bits per heavy atom. The second-order valence-corrected chi connectivity index (χ2v) is 5.53. The van der Waals surface area contributed by atoms with Gasteiger partial charge in [0.1, 0.15) is 0 Å². The van der Waals surface area contributed by atoms with Crippen LogP contribution in [0.15, 0.2) is 52.1 Å². The lowest BCUT2D eigenvalue weighted by Crippen LogP contribution is -2.35. The second-order valence-electron chi connectivity index (χ2n) is 5.53. The minimum Gasteiger partial charge on any atom is -0.459 e. The van der Waals surface area contributed by atoms with Gasteiger partial charge < -0.3 is 19.5 Å². The zero-order chi connectivity index (χ0) is 16.8. The summed E-state index contributed by atoms with van der Waals surface area (Å²) in [6.07, 6.45) is 1.48. The number of amides is 1. The van der Waals surface area contributed by atoms with Crippen molar-refractivity contribution in [3.63, 3.8) is 0 Å². The predicted octanol–water partition coefficient (Wildman–Crippen LogP) is 2.51. The zero-order valence-corrected chi connectivity index (χ0v) is 13.9. The minimum atomic E-state index is -0.261. The summed E-state index contributed by atoms with van der Waals surface area (Å²) in [7, 11) is 7.86. The molecule has 2 rings (SSSR count). The second kappa shape index (κ2) is 7.49. The first-order chi connectivity index (χ1) is 11.0. The smallest absolute Gasteiger partial charge is 0.291 e. The van der Waals surface area contributed by atoms with Gasteiger partial charge in [-0.3, -0.25) is 4.79 Å². The van der Waals surface area contributed by atoms with Crippen LogP contribution < -0.4 is 5.32 Å². The van der Waals surface area contributed by atoms with Gasteiger partial charge in [-0.15, -0.1) is 0 Å². The molecule has 1 heterocycles. The maximum absolute atomic E-state index is 11.9. The average molecular weight is 314 g/mol. The number of carbonyl (C=O) groups excluding carboxylic acids is 1. The van der Waals surface area contributed by atoms with Gasteiger partial charge in [-0.2, -0.15) is 0 Å². The van der Waals surface area contributed by atoms with Crippen LogP contribution in [-0.4, -0.2) is 49.9 Å². The van der Waals surface area contributed by atoms with Crippen molar-refractivity contribution < 1.29 is 9.21 Å². The van der Waals surface area contributed by atoms with E-state index < -0.39 is 0 Å². The molecule has 0 radical (unpaired) electrons. The van der Waals surface area contributed by atoms with Crippen molar-refractivity contribution in [1.29, 1.82) is 0 Å². The van der Waals surface area contributed by atoms with Crippen LogP contribution in [0.4, 0.5) is 5.69 Å². The molecule has 6 heteroatoms.